The highest BCUT2D eigenvalue weighted by Crippen LogP contribution is 2.26. The van der Waals surface area contributed by atoms with Crippen molar-refractivity contribution < 1.29 is 14.4 Å². The molecule has 30 heavy (non-hydrogen) atoms. The van der Waals surface area contributed by atoms with E-state index in [0.29, 0.717) is 36.0 Å². The average molecular weight is 449 g/mol. The summed E-state index contributed by atoms with van der Waals surface area (Å²) < 4.78 is 0. The Labute approximate surface area is 184 Å². The molecule has 1 atom stereocenters. The maximum Gasteiger partial charge on any atom is 0.256 e. The van der Waals surface area contributed by atoms with Gasteiger partial charge >= 0.3 is 0 Å². The second kappa shape index (κ2) is 10.4. The Bertz CT molecular complexity index is 924. The second-order valence-electron chi connectivity index (χ2n) is 6.95. The fourth-order valence-corrected chi connectivity index (χ4v) is 3.68. The number of nitrogens with zero attached hydrogens (tertiary/aromatic N) is 2. The first-order valence-corrected chi connectivity index (χ1v) is 10.4. The predicted octanol–water partition coefficient (Wildman–Crippen LogP) is 2.82. The van der Waals surface area contributed by atoms with Crippen LogP contribution in [0.4, 0.5) is 0 Å². The van der Waals surface area contributed by atoms with Gasteiger partial charge in [-0.05, 0) is 48.7 Å². The monoisotopic (exact) mass is 448 g/mol. The SMILES string of the molecule is O=C(CCNC(=O)C1CCCN1C(=O)c1cc(Cl)ccc1Cl)NCc1ccncc1. The number of halogens is 2. The third-order valence-electron chi connectivity index (χ3n) is 4.87. The Morgan fingerprint density at radius 3 is 2.63 bits per heavy atom. The van der Waals surface area contributed by atoms with Gasteiger partial charge in [-0.2, -0.15) is 0 Å². The van der Waals surface area contributed by atoms with Crippen LogP contribution in [-0.4, -0.2) is 46.7 Å². The molecule has 2 N–H and O–H groups in total. The molecule has 0 radical (unpaired) electrons. The smallest absolute Gasteiger partial charge is 0.256 e. The molecule has 0 spiro atoms. The van der Waals surface area contributed by atoms with Crippen molar-refractivity contribution in [1.82, 2.24) is 20.5 Å². The zero-order chi connectivity index (χ0) is 21.5. The molecule has 3 amide bonds. The van der Waals surface area contributed by atoms with Crippen molar-refractivity contribution in [3.8, 4) is 0 Å². The second-order valence-corrected chi connectivity index (χ2v) is 7.80. The summed E-state index contributed by atoms with van der Waals surface area (Å²) in [6.45, 7) is 1.06. The zero-order valence-electron chi connectivity index (χ0n) is 16.2. The van der Waals surface area contributed by atoms with Crippen LogP contribution in [0.5, 0.6) is 0 Å². The Morgan fingerprint density at radius 1 is 1.10 bits per heavy atom. The van der Waals surface area contributed by atoms with Gasteiger partial charge in [0.25, 0.3) is 5.91 Å². The van der Waals surface area contributed by atoms with Gasteiger partial charge in [0.15, 0.2) is 0 Å². The van der Waals surface area contributed by atoms with Crippen LogP contribution in [0.3, 0.4) is 0 Å². The number of benzene rings is 1. The molecular formula is C21H22Cl2N4O3. The van der Waals surface area contributed by atoms with Crippen molar-refractivity contribution in [2.75, 3.05) is 13.1 Å². The van der Waals surface area contributed by atoms with Crippen molar-refractivity contribution in [1.29, 1.82) is 0 Å². The first-order chi connectivity index (χ1) is 14.5. The first kappa shape index (κ1) is 22.1. The topological polar surface area (TPSA) is 91.4 Å². The Balaban J connectivity index is 1.49. The number of carbonyl (C=O) groups excluding carboxylic acids is 3. The number of nitrogens with one attached hydrogen (secondary N) is 2. The summed E-state index contributed by atoms with van der Waals surface area (Å²) in [6.07, 6.45) is 4.75. The summed E-state index contributed by atoms with van der Waals surface area (Å²) in [4.78, 5) is 42.9. The molecule has 1 unspecified atom stereocenters. The lowest BCUT2D eigenvalue weighted by Gasteiger charge is -2.24. The lowest BCUT2D eigenvalue weighted by molar-refractivity contribution is -0.125. The highest BCUT2D eigenvalue weighted by molar-refractivity contribution is 6.35. The van der Waals surface area contributed by atoms with Gasteiger partial charge < -0.3 is 15.5 Å². The maximum absolute atomic E-state index is 12.9. The standard InChI is InChI=1S/C21H22Cl2N4O3/c22-15-3-4-17(23)16(12-15)21(30)27-11-1-2-18(27)20(29)25-10-7-19(28)26-13-14-5-8-24-9-6-14/h3-6,8-9,12,18H,1-2,7,10-11,13H2,(H,25,29)(H,26,28). The van der Waals surface area contributed by atoms with E-state index in [2.05, 4.69) is 15.6 Å². The number of amides is 3. The quantitative estimate of drug-likeness (QED) is 0.680. The minimum atomic E-state index is -0.590. The molecule has 1 saturated heterocycles. The van der Waals surface area contributed by atoms with Gasteiger partial charge in [-0.25, -0.2) is 0 Å². The van der Waals surface area contributed by atoms with Crippen LogP contribution < -0.4 is 10.6 Å². The van der Waals surface area contributed by atoms with Gasteiger partial charge in [0.05, 0.1) is 10.6 Å². The largest absolute Gasteiger partial charge is 0.354 e. The van der Waals surface area contributed by atoms with E-state index in [0.717, 1.165) is 5.56 Å². The first-order valence-electron chi connectivity index (χ1n) is 9.65. The lowest BCUT2D eigenvalue weighted by atomic mass is 10.1. The van der Waals surface area contributed by atoms with Crippen LogP contribution in [0, 0.1) is 0 Å². The highest BCUT2D eigenvalue weighted by Gasteiger charge is 2.35. The van der Waals surface area contributed by atoms with Crippen LogP contribution in [0.25, 0.3) is 0 Å². The molecule has 1 fully saturated rings. The minimum Gasteiger partial charge on any atom is -0.354 e. The lowest BCUT2D eigenvalue weighted by Crippen LogP contribution is -2.46. The Hall–Kier alpha value is -2.64. The number of pyridine rings is 1. The van der Waals surface area contributed by atoms with E-state index in [1.165, 1.54) is 11.0 Å². The number of rotatable bonds is 7. The van der Waals surface area contributed by atoms with E-state index >= 15 is 0 Å². The summed E-state index contributed by atoms with van der Waals surface area (Å²) in [5.41, 5.74) is 1.22. The molecule has 1 aliphatic heterocycles. The van der Waals surface area contributed by atoms with E-state index in [4.69, 9.17) is 23.2 Å². The molecule has 3 rings (SSSR count). The molecular weight excluding hydrogens is 427 g/mol. The number of hydrogen-bond donors (Lipinski definition) is 2. The molecule has 2 heterocycles. The van der Waals surface area contributed by atoms with Gasteiger partial charge in [0.1, 0.15) is 6.04 Å². The fraction of sp³-hybridized carbons (Fsp3) is 0.333. The summed E-state index contributed by atoms with van der Waals surface area (Å²) in [6, 6.07) is 7.72. The Morgan fingerprint density at radius 2 is 1.87 bits per heavy atom. The van der Waals surface area contributed by atoms with Gasteiger partial charge in [-0.3, -0.25) is 19.4 Å². The molecule has 1 aliphatic rings. The van der Waals surface area contributed by atoms with Crippen molar-refractivity contribution in [3.63, 3.8) is 0 Å². The fourth-order valence-electron chi connectivity index (χ4n) is 3.31. The van der Waals surface area contributed by atoms with Crippen molar-refractivity contribution in [2.45, 2.75) is 31.8 Å². The molecule has 158 valence electrons. The molecule has 1 aromatic carbocycles. The minimum absolute atomic E-state index is 0.150. The van der Waals surface area contributed by atoms with E-state index in [1.54, 1.807) is 24.5 Å². The van der Waals surface area contributed by atoms with Crippen LogP contribution >= 0.6 is 23.2 Å². The number of likely N-dealkylation sites (tertiary alicyclic amines) is 1. The molecule has 0 aliphatic carbocycles. The summed E-state index contributed by atoms with van der Waals surface area (Å²) in [5.74, 6) is -0.770. The van der Waals surface area contributed by atoms with E-state index in [-0.39, 0.29) is 36.3 Å². The zero-order valence-corrected chi connectivity index (χ0v) is 17.7. The van der Waals surface area contributed by atoms with Crippen molar-refractivity contribution >= 4 is 40.9 Å². The van der Waals surface area contributed by atoms with E-state index in [1.807, 2.05) is 12.1 Å². The summed E-state index contributed by atoms with van der Waals surface area (Å²) >= 11 is 12.1. The Kier molecular flexibility index (Phi) is 7.65. The molecule has 7 nitrogen and oxygen atoms in total. The van der Waals surface area contributed by atoms with Crippen LogP contribution in [0.1, 0.15) is 35.2 Å². The highest BCUT2D eigenvalue weighted by atomic mass is 35.5. The molecule has 0 saturated carbocycles. The van der Waals surface area contributed by atoms with Crippen LogP contribution in [0.2, 0.25) is 10.0 Å². The molecule has 2 aromatic rings. The van der Waals surface area contributed by atoms with Gasteiger partial charge in [0, 0.05) is 43.5 Å². The van der Waals surface area contributed by atoms with E-state index in [9.17, 15) is 14.4 Å². The summed E-state index contributed by atoms with van der Waals surface area (Å²) in [7, 11) is 0. The normalized spacial score (nSPS) is 15.7. The number of carbonyl (C=O) groups is 3. The molecule has 9 heteroatoms. The average Bonchev–Trinajstić information content (AvgIpc) is 3.24. The van der Waals surface area contributed by atoms with Gasteiger partial charge in [-0.1, -0.05) is 23.2 Å². The third kappa shape index (κ3) is 5.70. The van der Waals surface area contributed by atoms with Crippen LogP contribution in [-0.2, 0) is 16.1 Å². The maximum atomic E-state index is 12.9. The number of aromatic nitrogens is 1. The van der Waals surface area contributed by atoms with Crippen LogP contribution in [0.15, 0.2) is 42.7 Å². The summed E-state index contributed by atoms with van der Waals surface area (Å²) in [5, 5.41) is 6.24. The van der Waals surface area contributed by atoms with E-state index < -0.39 is 6.04 Å². The van der Waals surface area contributed by atoms with Gasteiger partial charge in [0.2, 0.25) is 11.8 Å². The predicted molar refractivity (Wildman–Crippen MR) is 114 cm³/mol. The van der Waals surface area contributed by atoms with Crippen molar-refractivity contribution in [3.05, 3.63) is 63.9 Å². The molecule has 0 bridgehead atoms. The van der Waals surface area contributed by atoms with Crippen molar-refractivity contribution in [2.24, 2.45) is 0 Å². The van der Waals surface area contributed by atoms with Gasteiger partial charge in [-0.15, -0.1) is 0 Å². The number of hydrogen-bond acceptors (Lipinski definition) is 4. The third-order valence-corrected chi connectivity index (χ3v) is 5.43. The molecule has 1 aromatic heterocycles.